The van der Waals surface area contributed by atoms with Gasteiger partial charge in [0.1, 0.15) is 0 Å². The van der Waals surface area contributed by atoms with Crippen LogP contribution in [0.25, 0.3) is 0 Å². The molecule has 0 radical (unpaired) electrons. The molecule has 0 aliphatic heterocycles. The van der Waals surface area contributed by atoms with Gasteiger partial charge in [-0.1, -0.05) is 22.0 Å². The van der Waals surface area contributed by atoms with Crippen LogP contribution in [0.15, 0.2) is 40.9 Å². The van der Waals surface area contributed by atoms with Crippen molar-refractivity contribution < 1.29 is 20.1 Å². The summed E-state index contributed by atoms with van der Waals surface area (Å²) in [5.41, 5.74) is 0.717. The zero-order chi connectivity index (χ0) is 14.7. The normalized spacial score (nSPS) is 10.1. The largest absolute Gasteiger partial charge is 0.504 e. The van der Waals surface area contributed by atoms with E-state index >= 15 is 0 Å². The second-order valence-corrected chi connectivity index (χ2v) is 4.87. The van der Waals surface area contributed by atoms with Crippen molar-refractivity contribution in [2.24, 2.45) is 0 Å². The van der Waals surface area contributed by atoms with E-state index in [1.165, 1.54) is 0 Å². The van der Waals surface area contributed by atoms with Crippen molar-refractivity contribution in [2.45, 2.75) is 0 Å². The highest BCUT2D eigenvalue weighted by Gasteiger charge is 2.10. The summed E-state index contributed by atoms with van der Waals surface area (Å²) in [6, 6.07) is 8.69. The second-order valence-electron chi connectivity index (χ2n) is 3.95. The lowest BCUT2D eigenvalue weighted by atomic mass is 10.2. The molecule has 2 aromatic carbocycles. The molecule has 0 aliphatic carbocycles. The number of hydrogen-bond donors (Lipinski definition) is 5. The van der Waals surface area contributed by atoms with Crippen molar-refractivity contribution in [2.75, 3.05) is 10.6 Å². The predicted octanol–water partition coefficient (Wildman–Crippen LogP) is 3.21. The molecule has 5 N–H and O–H groups in total. The van der Waals surface area contributed by atoms with Crippen LogP contribution in [0.5, 0.6) is 17.2 Å². The molecule has 2 aromatic rings. The van der Waals surface area contributed by atoms with Gasteiger partial charge in [-0.2, -0.15) is 0 Å². The zero-order valence-electron chi connectivity index (χ0n) is 10.1. The molecule has 20 heavy (non-hydrogen) atoms. The Labute approximate surface area is 122 Å². The molecule has 104 valence electrons. The van der Waals surface area contributed by atoms with E-state index in [1.807, 2.05) is 6.07 Å². The van der Waals surface area contributed by atoms with Gasteiger partial charge >= 0.3 is 6.03 Å². The maximum Gasteiger partial charge on any atom is 0.323 e. The Balaban J connectivity index is 2.09. The molecular weight excluding hydrogens is 328 g/mol. The molecule has 0 spiro atoms. The minimum absolute atomic E-state index is 0.144. The summed E-state index contributed by atoms with van der Waals surface area (Å²) in [6.45, 7) is 0. The molecule has 0 atom stereocenters. The van der Waals surface area contributed by atoms with Crippen LogP contribution in [0.1, 0.15) is 0 Å². The SMILES string of the molecule is O=C(Nc1cccc(Br)c1)Nc1cc(O)c(O)c(O)c1. The maximum atomic E-state index is 11.7. The Bertz CT molecular complexity index is 638. The highest BCUT2D eigenvalue weighted by molar-refractivity contribution is 9.10. The van der Waals surface area contributed by atoms with Gasteiger partial charge in [-0.05, 0) is 18.2 Å². The van der Waals surface area contributed by atoms with Crippen LogP contribution in [-0.4, -0.2) is 21.4 Å². The smallest absolute Gasteiger partial charge is 0.323 e. The Morgan fingerprint density at radius 2 is 1.55 bits per heavy atom. The van der Waals surface area contributed by atoms with E-state index in [0.717, 1.165) is 16.6 Å². The number of phenolic OH excluding ortho intramolecular Hbond substituents is 3. The molecule has 0 heterocycles. The number of hydrogen-bond acceptors (Lipinski definition) is 4. The Morgan fingerprint density at radius 3 is 2.15 bits per heavy atom. The number of amides is 2. The molecule has 0 unspecified atom stereocenters. The van der Waals surface area contributed by atoms with Crippen LogP contribution in [0, 0.1) is 0 Å². The lowest BCUT2D eigenvalue weighted by molar-refractivity contribution is 0.262. The second kappa shape index (κ2) is 5.70. The van der Waals surface area contributed by atoms with Crippen LogP contribution in [-0.2, 0) is 0 Å². The Kier molecular flexibility index (Phi) is 3.99. The van der Waals surface area contributed by atoms with Crippen molar-refractivity contribution in [3.8, 4) is 17.2 Å². The van der Waals surface area contributed by atoms with Crippen molar-refractivity contribution in [3.63, 3.8) is 0 Å². The van der Waals surface area contributed by atoms with Gasteiger partial charge in [0.05, 0.1) is 5.69 Å². The van der Waals surface area contributed by atoms with Crippen LogP contribution in [0.3, 0.4) is 0 Å². The fraction of sp³-hybridized carbons (Fsp3) is 0. The molecule has 0 saturated carbocycles. The minimum atomic E-state index is -0.636. The van der Waals surface area contributed by atoms with Gasteiger partial charge < -0.3 is 26.0 Å². The first-order valence-corrected chi connectivity index (χ1v) is 6.33. The number of benzene rings is 2. The molecular formula is C13H11BrN2O4. The van der Waals surface area contributed by atoms with Gasteiger partial charge in [-0.3, -0.25) is 0 Å². The van der Waals surface area contributed by atoms with Crippen molar-refractivity contribution in [1.82, 2.24) is 0 Å². The topological polar surface area (TPSA) is 102 Å². The van der Waals surface area contributed by atoms with Gasteiger partial charge in [-0.15, -0.1) is 0 Å². The summed E-state index contributed by atoms with van der Waals surface area (Å²) in [4.78, 5) is 11.7. The van der Waals surface area contributed by atoms with Crippen molar-refractivity contribution in [3.05, 3.63) is 40.9 Å². The minimum Gasteiger partial charge on any atom is -0.504 e. The van der Waals surface area contributed by atoms with E-state index in [0.29, 0.717) is 5.69 Å². The van der Waals surface area contributed by atoms with E-state index in [2.05, 4.69) is 26.6 Å². The number of aromatic hydroxyl groups is 3. The predicted molar refractivity (Wildman–Crippen MR) is 78.2 cm³/mol. The summed E-state index contributed by atoms with van der Waals surface area (Å²) < 4.78 is 0.815. The average Bonchev–Trinajstić information content (AvgIpc) is 2.35. The number of nitrogens with one attached hydrogen (secondary N) is 2. The Hall–Kier alpha value is -2.41. The fourth-order valence-electron chi connectivity index (χ4n) is 1.54. The number of urea groups is 1. The first-order chi connectivity index (χ1) is 9.45. The highest BCUT2D eigenvalue weighted by Crippen LogP contribution is 2.37. The van der Waals surface area contributed by atoms with E-state index in [1.54, 1.807) is 18.2 Å². The standard InChI is InChI=1S/C13H11BrN2O4/c14-7-2-1-3-8(4-7)15-13(20)16-9-5-10(17)12(19)11(18)6-9/h1-6,17-19H,(H2,15,16,20). The Morgan fingerprint density at radius 1 is 0.950 bits per heavy atom. The lowest BCUT2D eigenvalue weighted by Crippen LogP contribution is -2.19. The van der Waals surface area contributed by atoms with E-state index in [4.69, 9.17) is 0 Å². The van der Waals surface area contributed by atoms with Gasteiger partial charge in [0.2, 0.25) is 0 Å². The molecule has 0 aliphatic rings. The molecule has 0 aromatic heterocycles. The first-order valence-electron chi connectivity index (χ1n) is 5.54. The number of phenols is 3. The highest BCUT2D eigenvalue weighted by atomic mass is 79.9. The van der Waals surface area contributed by atoms with E-state index in [9.17, 15) is 20.1 Å². The fourth-order valence-corrected chi connectivity index (χ4v) is 1.94. The van der Waals surface area contributed by atoms with Gasteiger partial charge in [0.25, 0.3) is 0 Å². The van der Waals surface area contributed by atoms with Crippen LogP contribution in [0.4, 0.5) is 16.2 Å². The molecule has 6 nitrogen and oxygen atoms in total. The quantitative estimate of drug-likeness (QED) is 0.428. The summed E-state index contributed by atoms with van der Waals surface area (Å²) in [7, 11) is 0. The molecule has 2 rings (SSSR count). The van der Waals surface area contributed by atoms with Crippen molar-refractivity contribution >= 4 is 33.3 Å². The third-order valence-corrected chi connectivity index (χ3v) is 2.90. The summed E-state index contributed by atoms with van der Waals surface area (Å²) in [5.74, 6) is -1.69. The summed E-state index contributed by atoms with van der Waals surface area (Å²) in [6.07, 6.45) is 0. The lowest BCUT2D eigenvalue weighted by Gasteiger charge is -2.09. The third kappa shape index (κ3) is 3.33. The van der Waals surface area contributed by atoms with E-state index in [-0.39, 0.29) is 5.69 Å². The maximum absolute atomic E-state index is 11.7. The zero-order valence-corrected chi connectivity index (χ0v) is 11.7. The molecule has 0 bridgehead atoms. The average molecular weight is 339 g/mol. The van der Waals surface area contributed by atoms with Crippen LogP contribution >= 0.6 is 15.9 Å². The monoisotopic (exact) mass is 338 g/mol. The first kappa shape index (κ1) is 14.0. The molecule has 0 saturated heterocycles. The number of carbonyl (C=O) groups is 1. The van der Waals surface area contributed by atoms with Gasteiger partial charge in [-0.25, -0.2) is 4.79 Å². The van der Waals surface area contributed by atoms with Crippen LogP contribution < -0.4 is 10.6 Å². The van der Waals surface area contributed by atoms with Gasteiger partial charge in [0.15, 0.2) is 17.2 Å². The number of rotatable bonds is 2. The van der Waals surface area contributed by atoms with Gasteiger partial charge in [0, 0.05) is 22.3 Å². The number of carbonyl (C=O) groups excluding carboxylic acids is 1. The number of anilines is 2. The summed E-state index contributed by atoms with van der Waals surface area (Å²) in [5, 5.41) is 32.9. The number of halogens is 1. The molecule has 0 fully saturated rings. The molecule has 2 amide bonds. The third-order valence-electron chi connectivity index (χ3n) is 2.41. The summed E-state index contributed by atoms with van der Waals surface area (Å²) >= 11 is 3.28. The van der Waals surface area contributed by atoms with Crippen molar-refractivity contribution in [1.29, 1.82) is 0 Å². The van der Waals surface area contributed by atoms with E-state index < -0.39 is 23.3 Å². The van der Waals surface area contributed by atoms with Crippen LogP contribution in [0.2, 0.25) is 0 Å². The molecule has 7 heteroatoms.